The van der Waals surface area contributed by atoms with Crippen molar-refractivity contribution in [3.05, 3.63) is 33.9 Å². The molecule has 0 fully saturated rings. The summed E-state index contributed by atoms with van der Waals surface area (Å²) in [7, 11) is 0. The molecule has 0 aliphatic carbocycles. The monoisotopic (exact) mass is 325 g/mol. The van der Waals surface area contributed by atoms with Crippen LogP contribution in [0.1, 0.15) is 32.3 Å². The van der Waals surface area contributed by atoms with Gasteiger partial charge in [-0.05, 0) is 43.6 Å². The maximum absolute atomic E-state index is 11.2. The number of thiocarbonyl (C=S) groups is 1. The Morgan fingerprint density at radius 3 is 2.73 bits per heavy atom. The van der Waals surface area contributed by atoms with Gasteiger partial charge in [0.15, 0.2) is 5.11 Å². The summed E-state index contributed by atoms with van der Waals surface area (Å²) < 4.78 is 4.68. The molecule has 0 saturated carbocycles. The molecule has 0 bridgehead atoms. The van der Waals surface area contributed by atoms with Crippen LogP contribution in [-0.2, 0) is 11.2 Å². The Morgan fingerprint density at radius 1 is 1.41 bits per heavy atom. The molecule has 8 heteroatoms. The van der Waals surface area contributed by atoms with Crippen LogP contribution < -0.4 is 10.6 Å². The number of hydrogen-bond donors (Lipinski definition) is 2. The quantitative estimate of drug-likeness (QED) is 0.473. The zero-order valence-electron chi connectivity index (χ0n) is 12.5. The van der Waals surface area contributed by atoms with E-state index in [0.717, 1.165) is 24.8 Å². The number of nitrogens with zero attached hydrogens (tertiary/aromatic N) is 1. The maximum atomic E-state index is 11.2. The summed E-state index contributed by atoms with van der Waals surface area (Å²) in [6, 6.07) is 4.91. The van der Waals surface area contributed by atoms with E-state index in [1.165, 1.54) is 6.07 Å². The standard InChI is InChI=1S/C14H19N3O4S/c1-3-5-6-10-7-8-11(12(9-10)17(19)20)15-13(22)16-14(18)21-4-2/h7-9H,3-6H2,1-2H3,(H2,15,16,18,22). The predicted octanol–water partition coefficient (Wildman–Crippen LogP) is 3.38. The number of hydrogen-bond acceptors (Lipinski definition) is 5. The Hall–Kier alpha value is -2.22. The first-order valence-electron chi connectivity index (χ1n) is 7.00. The molecule has 1 aromatic rings. The van der Waals surface area contributed by atoms with Crippen molar-refractivity contribution >= 4 is 34.8 Å². The molecule has 0 unspecified atom stereocenters. The number of anilines is 1. The van der Waals surface area contributed by atoms with Crippen LogP contribution in [0.2, 0.25) is 0 Å². The van der Waals surface area contributed by atoms with E-state index in [-0.39, 0.29) is 23.1 Å². The summed E-state index contributed by atoms with van der Waals surface area (Å²) >= 11 is 4.93. The molecule has 0 heterocycles. The minimum absolute atomic E-state index is 0.0529. The SMILES string of the molecule is CCCCc1ccc(NC(=S)NC(=O)OCC)c([N+](=O)[O-])c1. The van der Waals surface area contributed by atoms with Crippen LogP contribution in [0, 0.1) is 10.1 Å². The molecular weight excluding hydrogens is 306 g/mol. The topological polar surface area (TPSA) is 93.5 Å². The van der Waals surface area contributed by atoms with Crippen molar-refractivity contribution in [3.8, 4) is 0 Å². The average Bonchev–Trinajstić information content (AvgIpc) is 2.45. The number of rotatable bonds is 6. The number of nitro groups is 1. The summed E-state index contributed by atoms with van der Waals surface area (Å²) in [5.74, 6) is 0. The van der Waals surface area contributed by atoms with Gasteiger partial charge in [-0.15, -0.1) is 0 Å². The van der Waals surface area contributed by atoms with Crippen LogP contribution in [0.4, 0.5) is 16.2 Å². The van der Waals surface area contributed by atoms with Crippen LogP contribution in [0.15, 0.2) is 18.2 Å². The van der Waals surface area contributed by atoms with Crippen LogP contribution in [0.25, 0.3) is 0 Å². The first-order valence-corrected chi connectivity index (χ1v) is 7.40. The summed E-state index contributed by atoms with van der Waals surface area (Å²) in [4.78, 5) is 21.9. The fourth-order valence-electron chi connectivity index (χ4n) is 1.78. The summed E-state index contributed by atoms with van der Waals surface area (Å²) in [5.41, 5.74) is 1.04. The third kappa shape index (κ3) is 5.65. The van der Waals surface area contributed by atoms with Crippen molar-refractivity contribution in [1.82, 2.24) is 5.32 Å². The number of benzene rings is 1. The van der Waals surface area contributed by atoms with Gasteiger partial charge in [-0.25, -0.2) is 4.79 Å². The Kier molecular flexibility index (Phi) is 7.24. The first kappa shape index (κ1) is 17.8. The third-order valence-electron chi connectivity index (χ3n) is 2.82. The second-order valence-corrected chi connectivity index (χ2v) is 4.92. The van der Waals surface area contributed by atoms with Gasteiger partial charge in [0, 0.05) is 6.07 Å². The number of nitro benzene ring substituents is 1. The molecular formula is C14H19N3O4S. The summed E-state index contributed by atoms with van der Waals surface area (Å²) in [5, 5.41) is 16.0. The van der Waals surface area contributed by atoms with Gasteiger partial charge in [-0.1, -0.05) is 19.4 Å². The molecule has 2 N–H and O–H groups in total. The summed E-state index contributed by atoms with van der Waals surface area (Å²) in [6.45, 7) is 3.93. The van der Waals surface area contributed by atoms with Crippen molar-refractivity contribution < 1.29 is 14.5 Å². The van der Waals surface area contributed by atoms with Gasteiger partial charge >= 0.3 is 6.09 Å². The number of unbranched alkanes of at least 4 members (excludes halogenated alkanes) is 1. The van der Waals surface area contributed by atoms with Crippen molar-refractivity contribution in [2.24, 2.45) is 0 Å². The zero-order chi connectivity index (χ0) is 16.5. The number of amides is 1. The van der Waals surface area contributed by atoms with Gasteiger partial charge in [-0.3, -0.25) is 15.4 Å². The molecule has 0 aliphatic rings. The predicted molar refractivity (Wildman–Crippen MR) is 88.1 cm³/mol. The second-order valence-electron chi connectivity index (χ2n) is 4.51. The lowest BCUT2D eigenvalue weighted by Gasteiger charge is -2.10. The van der Waals surface area contributed by atoms with Crippen molar-refractivity contribution in [3.63, 3.8) is 0 Å². The lowest BCUT2D eigenvalue weighted by Crippen LogP contribution is -2.34. The van der Waals surface area contributed by atoms with E-state index in [4.69, 9.17) is 12.2 Å². The molecule has 1 rings (SSSR count). The van der Waals surface area contributed by atoms with Crippen molar-refractivity contribution in [2.75, 3.05) is 11.9 Å². The molecule has 0 spiro atoms. The van der Waals surface area contributed by atoms with E-state index in [1.807, 2.05) is 0 Å². The smallest absolute Gasteiger partial charge is 0.413 e. The Morgan fingerprint density at radius 2 is 2.14 bits per heavy atom. The van der Waals surface area contributed by atoms with Crippen molar-refractivity contribution in [2.45, 2.75) is 33.1 Å². The Labute approximate surface area is 134 Å². The maximum Gasteiger partial charge on any atom is 0.413 e. The molecule has 22 heavy (non-hydrogen) atoms. The molecule has 1 amide bonds. The lowest BCUT2D eigenvalue weighted by atomic mass is 10.1. The molecule has 0 aromatic heterocycles. The van der Waals surface area contributed by atoms with E-state index >= 15 is 0 Å². The van der Waals surface area contributed by atoms with Gasteiger partial charge in [0.05, 0.1) is 11.5 Å². The van der Waals surface area contributed by atoms with E-state index < -0.39 is 11.0 Å². The number of nitrogens with one attached hydrogen (secondary N) is 2. The molecule has 7 nitrogen and oxygen atoms in total. The number of carbonyl (C=O) groups excluding carboxylic acids is 1. The molecule has 0 radical (unpaired) electrons. The fraction of sp³-hybridized carbons (Fsp3) is 0.429. The van der Waals surface area contributed by atoms with Gasteiger partial charge in [0.1, 0.15) is 5.69 Å². The fourth-order valence-corrected chi connectivity index (χ4v) is 1.98. The molecule has 0 saturated heterocycles. The number of aryl methyl sites for hydroxylation is 1. The average molecular weight is 325 g/mol. The third-order valence-corrected chi connectivity index (χ3v) is 3.02. The minimum atomic E-state index is -0.706. The van der Waals surface area contributed by atoms with Gasteiger partial charge < -0.3 is 10.1 Å². The number of ether oxygens (including phenoxy) is 1. The minimum Gasteiger partial charge on any atom is -0.450 e. The highest BCUT2D eigenvalue weighted by molar-refractivity contribution is 7.80. The lowest BCUT2D eigenvalue weighted by molar-refractivity contribution is -0.384. The van der Waals surface area contributed by atoms with E-state index in [9.17, 15) is 14.9 Å². The van der Waals surface area contributed by atoms with Gasteiger partial charge in [0.25, 0.3) is 5.69 Å². The van der Waals surface area contributed by atoms with Crippen LogP contribution in [-0.4, -0.2) is 22.7 Å². The number of carbonyl (C=O) groups is 1. The van der Waals surface area contributed by atoms with E-state index in [0.29, 0.717) is 0 Å². The first-order chi connectivity index (χ1) is 10.5. The zero-order valence-corrected chi connectivity index (χ0v) is 13.4. The van der Waals surface area contributed by atoms with Crippen LogP contribution in [0.3, 0.4) is 0 Å². The second kappa shape index (κ2) is 8.93. The highest BCUT2D eigenvalue weighted by Gasteiger charge is 2.16. The normalized spacial score (nSPS) is 9.91. The molecule has 1 aromatic carbocycles. The molecule has 0 atom stereocenters. The van der Waals surface area contributed by atoms with Gasteiger partial charge in [-0.2, -0.15) is 0 Å². The molecule has 0 aliphatic heterocycles. The van der Waals surface area contributed by atoms with Crippen molar-refractivity contribution in [1.29, 1.82) is 0 Å². The summed E-state index contributed by atoms with van der Waals surface area (Å²) in [6.07, 6.45) is 2.05. The Balaban J connectivity index is 2.83. The van der Waals surface area contributed by atoms with Gasteiger partial charge in [0.2, 0.25) is 0 Å². The van der Waals surface area contributed by atoms with Crippen LogP contribution >= 0.6 is 12.2 Å². The Bertz CT molecular complexity index is 563. The number of alkyl carbamates (subject to hydrolysis) is 1. The highest BCUT2D eigenvalue weighted by atomic mass is 32.1. The highest BCUT2D eigenvalue weighted by Crippen LogP contribution is 2.26. The van der Waals surface area contributed by atoms with E-state index in [2.05, 4.69) is 22.3 Å². The molecule has 120 valence electrons. The van der Waals surface area contributed by atoms with Crippen LogP contribution in [0.5, 0.6) is 0 Å². The van der Waals surface area contributed by atoms with E-state index in [1.54, 1.807) is 19.1 Å². The largest absolute Gasteiger partial charge is 0.450 e.